The van der Waals surface area contributed by atoms with Gasteiger partial charge in [-0.25, -0.2) is 4.79 Å². The van der Waals surface area contributed by atoms with Crippen molar-refractivity contribution in [3.63, 3.8) is 0 Å². The maximum atomic E-state index is 12.0. The number of para-hydroxylation sites is 1. The summed E-state index contributed by atoms with van der Waals surface area (Å²) in [6.45, 7) is 3.17. The molecule has 1 amide bonds. The quantitative estimate of drug-likeness (QED) is 0.885. The third kappa shape index (κ3) is 2.45. The summed E-state index contributed by atoms with van der Waals surface area (Å²) >= 11 is 0. The van der Waals surface area contributed by atoms with Crippen molar-refractivity contribution in [1.82, 2.24) is 5.32 Å². The standard InChI is InChI=1S/C14H15NO4/c1-3-14(2,13(17)18)15-12(16)11-8-9-6-4-5-7-10(9)19-11/h4-8H,3H2,1-2H3,(H,15,16)(H,17,18). The lowest BCUT2D eigenvalue weighted by molar-refractivity contribution is -0.143. The van der Waals surface area contributed by atoms with Crippen LogP contribution in [0, 0.1) is 0 Å². The van der Waals surface area contributed by atoms with E-state index in [1.807, 2.05) is 12.1 Å². The molecule has 0 bridgehead atoms. The number of carboxylic acid groups (broad SMARTS) is 1. The summed E-state index contributed by atoms with van der Waals surface area (Å²) in [5, 5.41) is 12.4. The van der Waals surface area contributed by atoms with Crippen molar-refractivity contribution in [2.75, 3.05) is 0 Å². The van der Waals surface area contributed by atoms with E-state index in [2.05, 4.69) is 5.32 Å². The maximum absolute atomic E-state index is 12.0. The van der Waals surface area contributed by atoms with Gasteiger partial charge in [-0.2, -0.15) is 0 Å². The van der Waals surface area contributed by atoms with Gasteiger partial charge in [-0.15, -0.1) is 0 Å². The lowest BCUT2D eigenvalue weighted by Crippen LogP contribution is -2.51. The summed E-state index contributed by atoms with van der Waals surface area (Å²) in [5.41, 5.74) is -0.697. The second kappa shape index (κ2) is 4.76. The fraction of sp³-hybridized carbons (Fsp3) is 0.286. The third-order valence-electron chi connectivity index (χ3n) is 3.22. The molecule has 0 fully saturated rings. The number of rotatable bonds is 4. The van der Waals surface area contributed by atoms with Gasteiger partial charge in [0.05, 0.1) is 0 Å². The van der Waals surface area contributed by atoms with Gasteiger partial charge in [-0.3, -0.25) is 4.79 Å². The van der Waals surface area contributed by atoms with Gasteiger partial charge in [0.1, 0.15) is 11.1 Å². The van der Waals surface area contributed by atoms with E-state index >= 15 is 0 Å². The molecule has 2 N–H and O–H groups in total. The number of hydrogen-bond donors (Lipinski definition) is 2. The summed E-state index contributed by atoms with van der Waals surface area (Å²) in [5.74, 6) is -1.48. The molecule has 2 aromatic rings. The van der Waals surface area contributed by atoms with Crippen LogP contribution in [0.2, 0.25) is 0 Å². The first-order valence-electron chi connectivity index (χ1n) is 6.01. The van der Waals surface area contributed by atoms with E-state index in [1.165, 1.54) is 6.92 Å². The average Bonchev–Trinajstić information content (AvgIpc) is 2.82. The Balaban J connectivity index is 2.27. The van der Waals surface area contributed by atoms with Crippen molar-refractivity contribution in [2.45, 2.75) is 25.8 Å². The molecule has 1 heterocycles. The van der Waals surface area contributed by atoms with Gasteiger partial charge in [0.15, 0.2) is 5.76 Å². The van der Waals surface area contributed by atoms with E-state index in [4.69, 9.17) is 9.52 Å². The highest BCUT2D eigenvalue weighted by Gasteiger charge is 2.33. The van der Waals surface area contributed by atoms with E-state index in [-0.39, 0.29) is 12.2 Å². The number of nitrogens with one attached hydrogen (secondary N) is 1. The zero-order chi connectivity index (χ0) is 14.0. The Morgan fingerprint density at radius 3 is 2.63 bits per heavy atom. The highest BCUT2D eigenvalue weighted by molar-refractivity contribution is 5.98. The van der Waals surface area contributed by atoms with Gasteiger partial charge in [0, 0.05) is 5.39 Å². The Labute approximate surface area is 110 Å². The van der Waals surface area contributed by atoms with Gasteiger partial charge in [0.25, 0.3) is 5.91 Å². The van der Waals surface area contributed by atoms with Crippen LogP contribution in [0.5, 0.6) is 0 Å². The fourth-order valence-electron chi connectivity index (χ4n) is 1.70. The van der Waals surface area contributed by atoms with Crippen molar-refractivity contribution < 1.29 is 19.1 Å². The summed E-state index contributed by atoms with van der Waals surface area (Å²) in [6, 6.07) is 8.82. The highest BCUT2D eigenvalue weighted by atomic mass is 16.4. The molecule has 0 saturated heterocycles. The minimum absolute atomic E-state index is 0.113. The average molecular weight is 261 g/mol. The van der Waals surface area contributed by atoms with Crippen LogP contribution in [-0.2, 0) is 4.79 Å². The predicted molar refractivity (Wildman–Crippen MR) is 70.0 cm³/mol. The van der Waals surface area contributed by atoms with E-state index in [9.17, 15) is 9.59 Å². The molecule has 0 saturated carbocycles. The summed E-state index contributed by atoms with van der Waals surface area (Å²) < 4.78 is 5.39. The van der Waals surface area contributed by atoms with Crippen molar-refractivity contribution in [3.05, 3.63) is 36.1 Å². The third-order valence-corrected chi connectivity index (χ3v) is 3.22. The number of carbonyl (C=O) groups is 2. The van der Waals surface area contributed by atoms with Crippen LogP contribution in [-0.4, -0.2) is 22.5 Å². The van der Waals surface area contributed by atoms with Gasteiger partial charge in [-0.05, 0) is 25.5 Å². The first-order valence-corrected chi connectivity index (χ1v) is 6.01. The normalized spacial score (nSPS) is 14.0. The SMILES string of the molecule is CCC(C)(NC(=O)c1cc2ccccc2o1)C(=O)O. The molecular weight excluding hydrogens is 246 g/mol. The number of amides is 1. The summed E-state index contributed by atoms with van der Waals surface area (Å²) in [7, 11) is 0. The molecule has 0 aliphatic rings. The Bertz CT molecular complexity index is 598. The predicted octanol–water partition coefficient (Wildman–Crippen LogP) is 2.42. The van der Waals surface area contributed by atoms with Crippen LogP contribution in [0.15, 0.2) is 34.7 Å². The second-order valence-corrected chi connectivity index (χ2v) is 4.59. The van der Waals surface area contributed by atoms with E-state index in [0.29, 0.717) is 5.58 Å². The molecule has 0 aliphatic carbocycles. The van der Waals surface area contributed by atoms with Crippen molar-refractivity contribution in [2.24, 2.45) is 0 Å². The van der Waals surface area contributed by atoms with Crippen LogP contribution >= 0.6 is 0 Å². The smallest absolute Gasteiger partial charge is 0.329 e. The maximum Gasteiger partial charge on any atom is 0.329 e. The minimum atomic E-state index is -1.30. The van der Waals surface area contributed by atoms with E-state index in [0.717, 1.165) is 5.39 Å². The Hall–Kier alpha value is -2.30. The fourth-order valence-corrected chi connectivity index (χ4v) is 1.70. The van der Waals surface area contributed by atoms with Crippen molar-refractivity contribution in [3.8, 4) is 0 Å². The largest absolute Gasteiger partial charge is 0.480 e. The van der Waals surface area contributed by atoms with Gasteiger partial charge >= 0.3 is 5.97 Å². The topological polar surface area (TPSA) is 79.5 Å². The Kier molecular flexibility index (Phi) is 3.29. The van der Waals surface area contributed by atoms with E-state index in [1.54, 1.807) is 25.1 Å². The summed E-state index contributed by atoms with van der Waals surface area (Å²) in [4.78, 5) is 23.2. The first kappa shape index (κ1) is 13.1. The van der Waals surface area contributed by atoms with Crippen LogP contribution in [0.1, 0.15) is 30.8 Å². The molecule has 2 rings (SSSR count). The molecule has 100 valence electrons. The van der Waals surface area contributed by atoms with Crippen LogP contribution in [0.3, 0.4) is 0 Å². The van der Waals surface area contributed by atoms with Gasteiger partial charge < -0.3 is 14.8 Å². The van der Waals surface area contributed by atoms with Gasteiger partial charge in [-0.1, -0.05) is 25.1 Å². The van der Waals surface area contributed by atoms with E-state index < -0.39 is 17.4 Å². The lowest BCUT2D eigenvalue weighted by atomic mass is 9.99. The molecule has 5 nitrogen and oxygen atoms in total. The highest BCUT2D eigenvalue weighted by Crippen LogP contribution is 2.19. The minimum Gasteiger partial charge on any atom is -0.480 e. The number of hydrogen-bond acceptors (Lipinski definition) is 3. The van der Waals surface area contributed by atoms with Crippen molar-refractivity contribution in [1.29, 1.82) is 0 Å². The van der Waals surface area contributed by atoms with Gasteiger partial charge in [0.2, 0.25) is 0 Å². The Morgan fingerprint density at radius 1 is 1.37 bits per heavy atom. The van der Waals surface area contributed by atoms with Crippen LogP contribution < -0.4 is 5.32 Å². The molecule has 0 radical (unpaired) electrons. The first-order chi connectivity index (χ1) is 8.96. The number of aliphatic carboxylic acids is 1. The number of carbonyl (C=O) groups excluding carboxylic acids is 1. The molecule has 1 atom stereocenters. The van der Waals surface area contributed by atoms with Crippen molar-refractivity contribution >= 4 is 22.8 Å². The molecular formula is C14H15NO4. The second-order valence-electron chi connectivity index (χ2n) is 4.59. The molecule has 0 aliphatic heterocycles. The molecule has 0 spiro atoms. The zero-order valence-corrected chi connectivity index (χ0v) is 10.8. The lowest BCUT2D eigenvalue weighted by Gasteiger charge is -2.23. The molecule has 5 heteroatoms. The van der Waals surface area contributed by atoms with Crippen LogP contribution in [0.4, 0.5) is 0 Å². The molecule has 1 unspecified atom stereocenters. The summed E-state index contributed by atoms with van der Waals surface area (Å²) in [6.07, 6.45) is 0.286. The monoisotopic (exact) mass is 261 g/mol. The zero-order valence-electron chi connectivity index (χ0n) is 10.8. The molecule has 19 heavy (non-hydrogen) atoms. The number of fused-ring (bicyclic) bond motifs is 1. The number of benzene rings is 1. The molecule has 1 aromatic carbocycles. The number of carboxylic acids is 1. The Morgan fingerprint density at radius 2 is 2.05 bits per heavy atom. The van der Waals surface area contributed by atoms with Crippen LogP contribution in [0.25, 0.3) is 11.0 Å². The molecule has 1 aromatic heterocycles. The number of furan rings is 1.